The first kappa shape index (κ1) is 19.7. The number of rotatable bonds is 7. The average Bonchev–Trinajstić information content (AvgIpc) is 2.64. The third kappa shape index (κ3) is 6.63. The van der Waals surface area contributed by atoms with Crippen LogP contribution in [0.3, 0.4) is 0 Å². The smallest absolute Gasteiger partial charge is 0.267 e. The molecule has 0 heterocycles. The Bertz CT molecular complexity index is 868. The Morgan fingerprint density at radius 3 is 2.19 bits per heavy atom. The van der Waals surface area contributed by atoms with Gasteiger partial charge in [-0.1, -0.05) is 12.1 Å². The lowest BCUT2D eigenvalue weighted by Crippen LogP contribution is -2.18. The highest BCUT2D eigenvalue weighted by molar-refractivity contribution is 6.06. The summed E-state index contributed by atoms with van der Waals surface area (Å²) in [6.45, 7) is 1.90. The van der Waals surface area contributed by atoms with Crippen LogP contribution in [0.1, 0.15) is 12.5 Å². The van der Waals surface area contributed by atoms with Gasteiger partial charge in [0.15, 0.2) is 0 Å². The number of nitrogens with one attached hydrogen (secondary N) is 3. The van der Waals surface area contributed by atoms with Crippen molar-refractivity contribution in [2.24, 2.45) is 0 Å². The monoisotopic (exact) mass is 366 g/mol. The standard InChI is InChI=1S/C20H19FN4O2/c1-14(26)24-18-6-8-19(9-7-18)25-20(27)16(12-22)13-23-11-10-15-2-4-17(21)5-3-15/h2-9,13,23H,10-11H2,1H3,(H,24,26)(H,25,27)/b16-13-. The van der Waals surface area contributed by atoms with Crippen LogP contribution in [0, 0.1) is 17.1 Å². The lowest BCUT2D eigenvalue weighted by atomic mass is 10.1. The second-order valence-corrected chi connectivity index (χ2v) is 5.71. The molecule has 138 valence electrons. The molecule has 2 aromatic carbocycles. The predicted molar refractivity (Wildman–Crippen MR) is 101 cm³/mol. The van der Waals surface area contributed by atoms with E-state index in [1.165, 1.54) is 25.3 Å². The maximum absolute atomic E-state index is 12.8. The molecule has 2 aromatic rings. The summed E-state index contributed by atoms with van der Waals surface area (Å²) in [6, 6.07) is 14.5. The van der Waals surface area contributed by atoms with Crippen LogP contribution in [0.5, 0.6) is 0 Å². The van der Waals surface area contributed by atoms with Crippen molar-refractivity contribution in [2.45, 2.75) is 13.3 Å². The second-order valence-electron chi connectivity index (χ2n) is 5.71. The molecule has 0 fully saturated rings. The molecule has 2 amide bonds. The second kappa shape index (κ2) is 9.73. The number of carbonyl (C=O) groups is 2. The van der Waals surface area contributed by atoms with E-state index in [-0.39, 0.29) is 17.3 Å². The molecule has 0 atom stereocenters. The summed E-state index contributed by atoms with van der Waals surface area (Å²) in [5, 5.41) is 17.3. The summed E-state index contributed by atoms with van der Waals surface area (Å²) in [5.74, 6) is -1.02. The molecule has 0 aliphatic heterocycles. The van der Waals surface area contributed by atoms with Crippen molar-refractivity contribution in [1.82, 2.24) is 5.32 Å². The van der Waals surface area contributed by atoms with Crippen molar-refractivity contribution in [3.8, 4) is 6.07 Å². The van der Waals surface area contributed by atoms with Gasteiger partial charge < -0.3 is 16.0 Å². The third-order valence-electron chi connectivity index (χ3n) is 3.55. The van der Waals surface area contributed by atoms with E-state index >= 15 is 0 Å². The van der Waals surface area contributed by atoms with Gasteiger partial charge in [-0.3, -0.25) is 9.59 Å². The Morgan fingerprint density at radius 1 is 1.04 bits per heavy atom. The molecule has 0 aliphatic rings. The molecule has 0 saturated carbocycles. The van der Waals surface area contributed by atoms with Crippen LogP contribution < -0.4 is 16.0 Å². The SMILES string of the molecule is CC(=O)Nc1ccc(NC(=O)/C(C#N)=C\NCCc2ccc(F)cc2)cc1. The predicted octanol–water partition coefficient (Wildman–Crippen LogP) is 2.96. The van der Waals surface area contributed by atoms with Crippen molar-refractivity contribution in [1.29, 1.82) is 5.26 Å². The van der Waals surface area contributed by atoms with Gasteiger partial charge in [0, 0.05) is 31.0 Å². The van der Waals surface area contributed by atoms with Crippen molar-refractivity contribution >= 4 is 23.2 Å². The molecule has 2 rings (SSSR count). The largest absolute Gasteiger partial charge is 0.389 e. The number of amides is 2. The number of nitriles is 1. The molecular formula is C20H19FN4O2. The zero-order chi connectivity index (χ0) is 19.6. The molecule has 0 spiro atoms. The van der Waals surface area contributed by atoms with Crippen molar-refractivity contribution in [2.75, 3.05) is 17.2 Å². The summed E-state index contributed by atoms with van der Waals surface area (Å²) in [6.07, 6.45) is 1.98. The van der Waals surface area contributed by atoms with Crippen LogP contribution in [-0.4, -0.2) is 18.4 Å². The van der Waals surface area contributed by atoms with E-state index in [1.807, 2.05) is 6.07 Å². The van der Waals surface area contributed by atoms with E-state index in [2.05, 4.69) is 16.0 Å². The first-order chi connectivity index (χ1) is 13.0. The fourth-order valence-corrected chi connectivity index (χ4v) is 2.23. The zero-order valence-corrected chi connectivity index (χ0v) is 14.8. The fraction of sp³-hybridized carbons (Fsp3) is 0.150. The van der Waals surface area contributed by atoms with Gasteiger partial charge in [0.25, 0.3) is 5.91 Å². The number of nitrogens with zero attached hydrogens (tertiary/aromatic N) is 1. The number of halogens is 1. The Kier molecular flexibility index (Phi) is 7.08. The van der Waals surface area contributed by atoms with Gasteiger partial charge >= 0.3 is 0 Å². The number of hydrogen-bond donors (Lipinski definition) is 3. The van der Waals surface area contributed by atoms with Gasteiger partial charge in [-0.15, -0.1) is 0 Å². The number of hydrogen-bond acceptors (Lipinski definition) is 4. The van der Waals surface area contributed by atoms with Crippen molar-refractivity contribution in [3.05, 3.63) is 71.7 Å². The van der Waals surface area contributed by atoms with Gasteiger partial charge in [-0.25, -0.2) is 4.39 Å². The van der Waals surface area contributed by atoms with Gasteiger partial charge in [0.1, 0.15) is 17.5 Å². The minimum absolute atomic E-state index is 0.0694. The van der Waals surface area contributed by atoms with Gasteiger partial charge in [0.05, 0.1) is 0 Å². The number of benzene rings is 2. The molecular weight excluding hydrogens is 347 g/mol. The maximum atomic E-state index is 12.8. The molecule has 0 radical (unpaired) electrons. The Balaban J connectivity index is 1.87. The van der Waals surface area contributed by atoms with Gasteiger partial charge in [-0.05, 0) is 48.4 Å². The molecule has 3 N–H and O–H groups in total. The Labute approximate surface area is 156 Å². The van der Waals surface area contributed by atoms with E-state index in [4.69, 9.17) is 5.26 Å². The lowest BCUT2D eigenvalue weighted by molar-refractivity contribution is -0.114. The van der Waals surface area contributed by atoms with Crippen molar-refractivity contribution in [3.63, 3.8) is 0 Å². The van der Waals surface area contributed by atoms with Crippen molar-refractivity contribution < 1.29 is 14.0 Å². The molecule has 0 aromatic heterocycles. The molecule has 27 heavy (non-hydrogen) atoms. The molecule has 0 unspecified atom stereocenters. The topological polar surface area (TPSA) is 94.0 Å². The number of anilines is 2. The third-order valence-corrected chi connectivity index (χ3v) is 3.55. The Morgan fingerprint density at radius 2 is 1.63 bits per heavy atom. The molecule has 0 aliphatic carbocycles. The molecule has 0 saturated heterocycles. The zero-order valence-electron chi connectivity index (χ0n) is 14.8. The van der Waals surface area contributed by atoms with E-state index in [0.29, 0.717) is 24.3 Å². The van der Waals surface area contributed by atoms with Crippen LogP contribution in [-0.2, 0) is 16.0 Å². The van der Waals surface area contributed by atoms with E-state index in [0.717, 1.165) is 5.56 Å². The summed E-state index contributed by atoms with van der Waals surface area (Å²) >= 11 is 0. The lowest BCUT2D eigenvalue weighted by Gasteiger charge is -2.07. The number of carbonyl (C=O) groups excluding carboxylic acids is 2. The highest BCUT2D eigenvalue weighted by Gasteiger charge is 2.09. The van der Waals surface area contributed by atoms with Crippen LogP contribution in [0.2, 0.25) is 0 Å². The van der Waals surface area contributed by atoms with E-state index in [1.54, 1.807) is 36.4 Å². The van der Waals surface area contributed by atoms with Crippen LogP contribution in [0.15, 0.2) is 60.3 Å². The summed E-state index contributed by atoms with van der Waals surface area (Å²) in [5.41, 5.74) is 1.99. The normalized spacial score (nSPS) is 10.6. The minimum Gasteiger partial charge on any atom is -0.389 e. The molecule has 0 bridgehead atoms. The van der Waals surface area contributed by atoms with Crippen LogP contribution >= 0.6 is 0 Å². The Hall–Kier alpha value is -3.66. The quantitative estimate of drug-likeness (QED) is 0.399. The summed E-state index contributed by atoms with van der Waals surface area (Å²) < 4.78 is 12.8. The average molecular weight is 366 g/mol. The first-order valence-corrected chi connectivity index (χ1v) is 8.25. The maximum Gasteiger partial charge on any atom is 0.267 e. The van der Waals surface area contributed by atoms with Gasteiger partial charge in [-0.2, -0.15) is 5.26 Å². The minimum atomic E-state index is -0.543. The highest BCUT2D eigenvalue weighted by Crippen LogP contribution is 2.14. The van der Waals surface area contributed by atoms with Crippen LogP contribution in [0.25, 0.3) is 0 Å². The molecule has 6 nitrogen and oxygen atoms in total. The fourth-order valence-electron chi connectivity index (χ4n) is 2.23. The summed E-state index contributed by atoms with van der Waals surface area (Å²) in [7, 11) is 0. The summed E-state index contributed by atoms with van der Waals surface area (Å²) in [4.78, 5) is 23.1. The van der Waals surface area contributed by atoms with Gasteiger partial charge in [0.2, 0.25) is 5.91 Å². The highest BCUT2D eigenvalue weighted by atomic mass is 19.1. The van der Waals surface area contributed by atoms with E-state index in [9.17, 15) is 14.0 Å². The van der Waals surface area contributed by atoms with E-state index < -0.39 is 5.91 Å². The molecule has 7 heteroatoms. The first-order valence-electron chi connectivity index (χ1n) is 8.25. The van der Waals surface area contributed by atoms with Crippen LogP contribution in [0.4, 0.5) is 15.8 Å².